The summed E-state index contributed by atoms with van der Waals surface area (Å²) in [5.41, 5.74) is 0. The van der Waals surface area contributed by atoms with Crippen LogP contribution in [0.15, 0.2) is 35.4 Å². The molecule has 0 fully saturated rings. The molecular formula is C12H17Cl. The average Bonchev–Trinajstić information content (AvgIpc) is 2.11. The van der Waals surface area contributed by atoms with Crippen LogP contribution in [0.2, 0.25) is 0 Å². The highest BCUT2D eigenvalue weighted by atomic mass is 35.5. The predicted octanol–water partition coefficient (Wildman–Crippen LogP) is 4.58. The third kappa shape index (κ3) is 5.70. The van der Waals surface area contributed by atoms with Crippen molar-refractivity contribution in [1.82, 2.24) is 0 Å². The van der Waals surface area contributed by atoms with Gasteiger partial charge < -0.3 is 0 Å². The van der Waals surface area contributed by atoms with E-state index < -0.39 is 0 Å². The molecule has 0 bridgehead atoms. The molecule has 0 nitrogen and oxygen atoms in total. The Morgan fingerprint density at radius 1 is 0.923 bits per heavy atom. The van der Waals surface area contributed by atoms with E-state index in [4.69, 9.17) is 11.6 Å². The van der Waals surface area contributed by atoms with Gasteiger partial charge in [0.2, 0.25) is 0 Å². The van der Waals surface area contributed by atoms with Crippen molar-refractivity contribution in [2.24, 2.45) is 0 Å². The van der Waals surface area contributed by atoms with Crippen LogP contribution in [-0.2, 0) is 0 Å². The van der Waals surface area contributed by atoms with Gasteiger partial charge in [-0.3, -0.25) is 0 Å². The third-order valence-electron chi connectivity index (χ3n) is 2.17. The molecule has 13 heavy (non-hydrogen) atoms. The molecule has 0 atom stereocenters. The zero-order valence-corrected chi connectivity index (χ0v) is 8.76. The third-order valence-corrected chi connectivity index (χ3v) is 2.49. The molecule has 1 aliphatic carbocycles. The Kier molecular flexibility index (Phi) is 5.67. The molecule has 0 aromatic rings. The quantitative estimate of drug-likeness (QED) is 0.532. The topological polar surface area (TPSA) is 0 Å². The summed E-state index contributed by atoms with van der Waals surface area (Å²) >= 11 is 6.00. The van der Waals surface area contributed by atoms with Gasteiger partial charge in [0.1, 0.15) is 0 Å². The Hall–Kier alpha value is -0.490. The summed E-state index contributed by atoms with van der Waals surface area (Å²) < 4.78 is 0. The van der Waals surface area contributed by atoms with Crippen molar-refractivity contribution in [3.05, 3.63) is 35.4 Å². The Labute approximate surface area is 86.0 Å². The number of hydrogen-bond donors (Lipinski definition) is 0. The van der Waals surface area contributed by atoms with E-state index in [2.05, 4.69) is 12.2 Å². The minimum absolute atomic E-state index is 0.977. The molecule has 0 aromatic carbocycles. The zero-order valence-electron chi connectivity index (χ0n) is 8.01. The van der Waals surface area contributed by atoms with Crippen molar-refractivity contribution >= 4 is 11.6 Å². The van der Waals surface area contributed by atoms with E-state index in [1.54, 1.807) is 0 Å². The summed E-state index contributed by atoms with van der Waals surface area (Å²) in [4.78, 5) is 0. The van der Waals surface area contributed by atoms with Gasteiger partial charge in [-0.05, 0) is 31.8 Å². The van der Waals surface area contributed by atoms with E-state index >= 15 is 0 Å². The molecule has 0 heterocycles. The molecule has 1 rings (SSSR count). The van der Waals surface area contributed by atoms with E-state index in [9.17, 15) is 0 Å². The molecule has 0 radical (unpaired) electrons. The van der Waals surface area contributed by atoms with Gasteiger partial charge >= 0.3 is 0 Å². The lowest BCUT2D eigenvalue weighted by atomic mass is 10.1. The fourth-order valence-corrected chi connectivity index (χ4v) is 1.60. The van der Waals surface area contributed by atoms with E-state index in [1.807, 2.05) is 18.2 Å². The van der Waals surface area contributed by atoms with Crippen LogP contribution in [0.3, 0.4) is 0 Å². The maximum atomic E-state index is 6.00. The van der Waals surface area contributed by atoms with Gasteiger partial charge in [-0.2, -0.15) is 0 Å². The van der Waals surface area contributed by atoms with Crippen LogP contribution >= 0.6 is 11.6 Å². The molecule has 0 N–H and O–H groups in total. The molecule has 0 aromatic heterocycles. The first-order valence-electron chi connectivity index (χ1n) is 5.07. The van der Waals surface area contributed by atoms with Gasteiger partial charge in [0, 0.05) is 5.03 Å². The van der Waals surface area contributed by atoms with Gasteiger partial charge in [0.15, 0.2) is 0 Å². The van der Waals surface area contributed by atoms with Gasteiger partial charge in [-0.1, -0.05) is 48.7 Å². The van der Waals surface area contributed by atoms with Crippen LogP contribution in [0.5, 0.6) is 0 Å². The highest BCUT2D eigenvalue weighted by molar-refractivity contribution is 6.29. The molecule has 1 aliphatic rings. The lowest BCUT2D eigenvalue weighted by molar-refractivity contribution is 0.650. The second kappa shape index (κ2) is 6.97. The largest absolute Gasteiger partial charge is 0.0892 e. The van der Waals surface area contributed by atoms with Gasteiger partial charge in [0.25, 0.3) is 0 Å². The summed E-state index contributed by atoms with van der Waals surface area (Å²) in [7, 11) is 0. The molecular weight excluding hydrogens is 180 g/mol. The highest BCUT2D eigenvalue weighted by Crippen LogP contribution is 2.14. The van der Waals surface area contributed by atoms with E-state index in [-0.39, 0.29) is 0 Å². The van der Waals surface area contributed by atoms with Crippen LogP contribution < -0.4 is 0 Å². The smallest absolute Gasteiger partial charge is 0.0181 e. The number of rotatable bonds is 0. The molecule has 0 amide bonds. The first-order chi connectivity index (χ1) is 6.39. The first kappa shape index (κ1) is 10.6. The zero-order chi connectivity index (χ0) is 9.36. The highest BCUT2D eigenvalue weighted by Gasteiger charge is 1.93. The Balaban J connectivity index is 2.45. The molecule has 0 aliphatic heterocycles. The minimum Gasteiger partial charge on any atom is -0.0892 e. The number of hydrogen-bond acceptors (Lipinski definition) is 0. The van der Waals surface area contributed by atoms with Crippen molar-refractivity contribution in [2.75, 3.05) is 0 Å². The van der Waals surface area contributed by atoms with E-state index in [1.165, 1.54) is 32.1 Å². The first-order valence-corrected chi connectivity index (χ1v) is 5.45. The Morgan fingerprint density at radius 3 is 2.69 bits per heavy atom. The van der Waals surface area contributed by atoms with Crippen LogP contribution in [0.25, 0.3) is 0 Å². The minimum atomic E-state index is 0.977. The molecule has 0 spiro atoms. The summed E-state index contributed by atoms with van der Waals surface area (Å²) in [6.45, 7) is 0. The average molecular weight is 197 g/mol. The van der Waals surface area contributed by atoms with Crippen LogP contribution in [-0.4, -0.2) is 0 Å². The Morgan fingerprint density at radius 2 is 1.77 bits per heavy atom. The maximum Gasteiger partial charge on any atom is 0.0181 e. The summed E-state index contributed by atoms with van der Waals surface area (Å²) in [5, 5.41) is 0.977. The maximum absolute atomic E-state index is 6.00. The molecule has 1 heteroatoms. The van der Waals surface area contributed by atoms with Crippen molar-refractivity contribution in [3.63, 3.8) is 0 Å². The monoisotopic (exact) mass is 196 g/mol. The number of halogens is 1. The predicted molar refractivity (Wildman–Crippen MR) is 59.9 cm³/mol. The lowest BCUT2D eigenvalue weighted by Gasteiger charge is -1.99. The molecule has 72 valence electrons. The van der Waals surface area contributed by atoms with Crippen LogP contribution in [0, 0.1) is 0 Å². The molecule has 0 unspecified atom stereocenters. The van der Waals surface area contributed by atoms with Crippen LogP contribution in [0.4, 0.5) is 0 Å². The summed E-state index contributed by atoms with van der Waals surface area (Å²) in [5.74, 6) is 0. The van der Waals surface area contributed by atoms with E-state index in [0.29, 0.717) is 0 Å². The Bertz CT molecular complexity index is 211. The van der Waals surface area contributed by atoms with Crippen LogP contribution in [0.1, 0.15) is 38.5 Å². The van der Waals surface area contributed by atoms with Crippen molar-refractivity contribution in [3.8, 4) is 0 Å². The van der Waals surface area contributed by atoms with E-state index in [0.717, 1.165) is 11.5 Å². The van der Waals surface area contributed by atoms with Gasteiger partial charge in [-0.25, -0.2) is 0 Å². The fraction of sp³-hybridized carbons (Fsp3) is 0.500. The van der Waals surface area contributed by atoms with Gasteiger partial charge in [0.05, 0.1) is 0 Å². The SMILES string of the molecule is ClC1=CC=CC=CCCCCCC1. The molecule has 0 saturated heterocycles. The van der Waals surface area contributed by atoms with Crippen molar-refractivity contribution in [1.29, 1.82) is 0 Å². The van der Waals surface area contributed by atoms with Gasteiger partial charge in [-0.15, -0.1) is 0 Å². The van der Waals surface area contributed by atoms with Crippen molar-refractivity contribution in [2.45, 2.75) is 38.5 Å². The standard InChI is InChI=1S/C12H17Cl/c13-12-10-8-6-4-2-1-3-5-7-9-11-12/h2,4,6,8,10H,1,3,5,7,9,11H2. The second-order valence-corrected chi connectivity index (χ2v) is 3.86. The summed E-state index contributed by atoms with van der Waals surface area (Å²) in [6, 6.07) is 0. The molecule has 0 saturated carbocycles. The lowest BCUT2D eigenvalue weighted by Crippen LogP contribution is -1.79. The second-order valence-electron chi connectivity index (χ2n) is 3.38. The number of allylic oxidation sites excluding steroid dienone is 6. The fourth-order valence-electron chi connectivity index (χ4n) is 1.39. The summed E-state index contributed by atoms with van der Waals surface area (Å²) in [6.07, 6.45) is 17.8. The van der Waals surface area contributed by atoms with Crippen molar-refractivity contribution < 1.29 is 0 Å². The normalized spacial score (nSPS) is 20.2.